The van der Waals surface area contributed by atoms with Gasteiger partial charge in [-0.15, -0.1) is 0 Å². The molecule has 2 bridgehead atoms. The molecule has 2 aliphatic rings. The Morgan fingerprint density at radius 3 is 2.38 bits per heavy atom. The maximum atomic E-state index is 11.2. The topological polar surface area (TPSA) is 36.6 Å². The Kier molecular flexibility index (Phi) is 3.12. The van der Waals surface area contributed by atoms with Crippen molar-refractivity contribution in [3.8, 4) is 0 Å². The summed E-state index contributed by atoms with van der Waals surface area (Å²) in [6.07, 6.45) is 3.85. The summed E-state index contributed by atoms with van der Waals surface area (Å²) < 4.78 is 5.54. The number of hydrogen-bond acceptors (Lipinski definition) is 3. The van der Waals surface area contributed by atoms with Crippen molar-refractivity contribution < 1.29 is 9.52 Å². The van der Waals surface area contributed by atoms with Gasteiger partial charge < -0.3 is 9.52 Å². The zero-order chi connectivity index (χ0) is 14.3. The van der Waals surface area contributed by atoms with E-state index in [1.54, 1.807) is 6.26 Å². The highest BCUT2D eigenvalue weighted by Gasteiger charge is 2.55. The molecule has 1 saturated heterocycles. The van der Waals surface area contributed by atoms with Crippen LogP contribution in [0.25, 0.3) is 0 Å². The first kappa shape index (κ1) is 13.1. The summed E-state index contributed by atoms with van der Waals surface area (Å²) >= 11 is 0. The summed E-state index contributed by atoms with van der Waals surface area (Å²) in [5.74, 6) is 1.33. The predicted molar refractivity (Wildman–Crippen MR) is 80.5 cm³/mol. The van der Waals surface area contributed by atoms with Crippen molar-refractivity contribution in [1.29, 1.82) is 0 Å². The third kappa shape index (κ3) is 2.12. The van der Waals surface area contributed by atoms with E-state index >= 15 is 0 Å². The molecule has 1 aliphatic carbocycles. The first-order chi connectivity index (χ1) is 10.3. The van der Waals surface area contributed by atoms with Crippen LogP contribution in [0.2, 0.25) is 0 Å². The van der Waals surface area contributed by atoms with Crippen LogP contribution in [-0.4, -0.2) is 23.1 Å². The number of likely N-dealkylation sites (tertiary alicyclic amines) is 1. The highest BCUT2D eigenvalue weighted by atomic mass is 16.4. The summed E-state index contributed by atoms with van der Waals surface area (Å²) in [5, 5.41) is 11.2. The third-order valence-corrected chi connectivity index (χ3v) is 5.23. The van der Waals surface area contributed by atoms with Gasteiger partial charge in [-0.05, 0) is 30.5 Å². The minimum Gasteiger partial charge on any atom is -0.466 e. The van der Waals surface area contributed by atoms with Crippen LogP contribution in [0, 0.1) is 11.8 Å². The summed E-state index contributed by atoms with van der Waals surface area (Å²) in [6.45, 7) is 2.87. The van der Waals surface area contributed by atoms with Crippen molar-refractivity contribution in [3.05, 3.63) is 60.1 Å². The lowest BCUT2D eigenvalue weighted by Gasteiger charge is -2.43. The second-order valence-corrected chi connectivity index (χ2v) is 6.45. The highest BCUT2D eigenvalue weighted by Crippen LogP contribution is 2.51. The van der Waals surface area contributed by atoms with Crippen molar-refractivity contribution in [3.63, 3.8) is 0 Å². The number of piperidine rings is 1. The molecule has 0 spiro atoms. The lowest BCUT2D eigenvalue weighted by Crippen LogP contribution is -2.51. The van der Waals surface area contributed by atoms with Crippen LogP contribution in [-0.2, 0) is 12.1 Å². The molecule has 4 rings (SSSR count). The second kappa shape index (κ2) is 5.00. The van der Waals surface area contributed by atoms with Gasteiger partial charge >= 0.3 is 0 Å². The van der Waals surface area contributed by atoms with Crippen molar-refractivity contribution in [2.45, 2.75) is 25.0 Å². The average molecular weight is 283 g/mol. The fraction of sp³-hybridized carbons (Fsp3) is 0.444. The van der Waals surface area contributed by atoms with Gasteiger partial charge in [0, 0.05) is 31.5 Å². The Morgan fingerprint density at radius 1 is 1.05 bits per heavy atom. The van der Waals surface area contributed by atoms with E-state index in [0.29, 0.717) is 0 Å². The Hall–Kier alpha value is -1.58. The molecule has 1 aromatic carbocycles. The Labute approximate surface area is 125 Å². The number of benzene rings is 1. The van der Waals surface area contributed by atoms with Crippen LogP contribution in [0.5, 0.6) is 0 Å². The molecular formula is C18H21NO2. The molecule has 3 nitrogen and oxygen atoms in total. The summed E-state index contributed by atoms with van der Waals surface area (Å²) in [7, 11) is 0. The van der Waals surface area contributed by atoms with Gasteiger partial charge in [0.25, 0.3) is 0 Å². The zero-order valence-corrected chi connectivity index (χ0v) is 12.1. The molecule has 110 valence electrons. The largest absolute Gasteiger partial charge is 0.466 e. The Balaban J connectivity index is 1.54. The molecule has 2 aromatic rings. The fourth-order valence-corrected chi connectivity index (χ4v) is 4.21. The molecule has 1 aromatic heterocycles. The van der Waals surface area contributed by atoms with Crippen LogP contribution < -0.4 is 0 Å². The van der Waals surface area contributed by atoms with Crippen LogP contribution in [0.3, 0.4) is 0 Å². The molecule has 0 amide bonds. The Morgan fingerprint density at radius 2 is 1.76 bits per heavy atom. The third-order valence-electron chi connectivity index (χ3n) is 5.23. The molecule has 2 atom stereocenters. The smallest absolute Gasteiger partial charge is 0.136 e. The number of hydrogen-bond donors (Lipinski definition) is 1. The molecule has 3 heteroatoms. The molecule has 0 radical (unpaired) electrons. The van der Waals surface area contributed by atoms with Gasteiger partial charge in [0.1, 0.15) is 11.4 Å². The molecule has 1 saturated carbocycles. The van der Waals surface area contributed by atoms with Crippen LogP contribution >= 0.6 is 0 Å². The molecule has 2 unspecified atom stereocenters. The van der Waals surface area contributed by atoms with E-state index in [1.807, 2.05) is 12.1 Å². The van der Waals surface area contributed by atoms with E-state index in [0.717, 1.165) is 38.2 Å². The molecule has 1 N–H and O–H groups in total. The highest BCUT2D eigenvalue weighted by molar-refractivity contribution is 5.20. The summed E-state index contributed by atoms with van der Waals surface area (Å²) in [5.41, 5.74) is 0.594. The van der Waals surface area contributed by atoms with Crippen molar-refractivity contribution in [1.82, 2.24) is 4.90 Å². The maximum Gasteiger partial charge on any atom is 0.136 e. The zero-order valence-electron chi connectivity index (χ0n) is 12.1. The fourth-order valence-electron chi connectivity index (χ4n) is 4.21. The van der Waals surface area contributed by atoms with Gasteiger partial charge in [-0.3, -0.25) is 4.90 Å². The van der Waals surface area contributed by atoms with E-state index in [-0.39, 0.29) is 11.8 Å². The number of fused-ring (bicyclic) bond motifs is 2. The predicted octanol–water partition coefficient (Wildman–Crippen LogP) is 3.01. The minimum absolute atomic E-state index is 0.283. The molecule has 2 fully saturated rings. The monoisotopic (exact) mass is 283 g/mol. The summed E-state index contributed by atoms with van der Waals surface area (Å²) in [6, 6.07) is 14.4. The van der Waals surface area contributed by atoms with E-state index in [1.165, 1.54) is 5.56 Å². The van der Waals surface area contributed by atoms with Gasteiger partial charge in [0.2, 0.25) is 0 Å². The molecule has 2 heterocycles. The normalized spacial score (nSPS) is 32.4. The van der Waals surface area contributed by atoms with E-state index in [9.17, 15) is 5.11 Å². The number of furan rings is 1. The number of rotatable bonds is 3. The quantitative estimate of drug-likeness (QED) is 0.940. The molecule has 21 heavy (non-hydrogen) atoms. The molecular weight excluding hydrogens is 262 g/mol. The SMILES string of the molecule is OC1(c2ccco2)C2CCC1CN(Cc1ccccc1)C2. The van der Waals surface area contributed by atoms with Crippen molar-refractivity contribution >= 4 is 0 Å². The minimum atomic E-state index is -0.753. The summed E-state index contributed by atoms with van der Waals surface area (Å²) in [4.78, 5) is 2.48. The number of nitrogens with zero attached hydrogens (tertiary/aromatic N) is 1. The van der Waals surface area contributed by atoms with Gasteiger partial charge in [-0.2, -0.15) is 0 Å². The van der Waals surface area contributed by atoms with E-state index < -0.39 is 5.60 Å². The Bertz CT molecular complexity index is 579. The van der Waals surface area contributed by atoms with Crippen molar-refractivity contribution in [2.75, 3.05) is 13.1 Å². The first-order valence-electron chi connectivity index (χ1n) is 7.79. The van der Waals surface area contributed by atoms with Crippen LogP contribution in [0.4, 0.5) is 0 Å². The first-order valence-corrected chi connectivity index (χ1v) is 7.79. The second-order valence-electron chi connectivity index (χ2n) is 6.45. The van der Waals surface area contributed by atoms with Crippen LogP contribution in [0.15, 0.2) is 53.1 Å². The van der Waals surface area contributed by atoms with Gasteiger partial charge in [0.15, 0.2) is 0 Å². The van der Waals surface area contributed by atoms with Gasteiger partial charge in [-0.1, -0.05) is 30.3 Å². The standard InChI is InChI=1S/C18H21NO2/c20-18(17-7-4-10-21-17)15-8-9-16(18)13-19(12-15)11-14-5-2-1-3-6-14/h1-7,10,15-16,20H,8-9,11-13H2. The van der Waals surface area contributed by atoms with Crippen molar-refractivity contribution in [2.24, 2.45) is 11.8 Å². The van der Waals surface area contributed by atoms with Gasteiger partial charge in [0.05, 0.1) is 6.26 Å². The average Bonchev–Trinajstić information content (AvgIpc) is 3.07. The maximum absolute atomic E-state index is 11.2. The van der Waals surface area contributed by atoms with Crippen LogP contribution in [0.1, 0.15) is 24.2 Å². The van der Waals surface area contributed by atoms with E-state index in [4.69, 9.17) is 4.42 Å². The molecule has 1 aliphatic heterocycles. The number of aliphatic hydroxyl groups is 1. The lowest BCUT2D eigenvalue weighted by molar-refractivity contribution is -0.105. The van der Waals surface area contributed by atoms with E-state index in [2.05, 4.69) is 35.2 Å². The lowest BCUT2D eigenvalue weighted by atomic mass is 9.78. The van der Waals surface area contributed by atoms with Gasteiger partial charge in [-0.25, -0.2) is 0 Å².